The number of amides is 1. The van der Waals surface area contributed by atoms with Crippen LogP contribution in [0.3, 0.4) is 0 Å². The molecule has 1 atom stereocenters. The molecule has 1 saturated heterocycles. The second-order valence-corrected chi connectivity index (χ2v) is 6.33. The molecule has 25 heavy (non-hydrogen) atoms. The van der Waals surface area contributed by atoms with Gasteiger partial charge in [-0.15, -0.1) is 0 Å². The molecule has 0 saturated carbocycles. The van der Waals surface area contributed by atoms with Crippen molar-refractivity contribution in [3.05, 3.63) is 35.8 Å². The summed E-state index contributed by atoms with van der Waals surface area (Å²) in [6.07, 6.45) is 3.29. The maximum absolute atomic E-state index is 13.7. The Labute approximate surface area is 144 Å². The summed E-state index contributed by atoms with van der Waals surface area (Å²) in [5, 5.41) is 10.2. The Bertz CT molecular complexity index is 802. The summed E-state index contributed by atoms with van der Waals surface area (Å²) in [6.45, 7) is 2.53. The molecule has 0 aliphatic carbocycles. The van der Waals surface area contributed by atoms with Crippen molar-refractivity contribution >= 4 is 23.0 Å². The summed E-state index contributed by atoms with van der Waals surface area (Å²) in [4.78, 5) is 23.8. The molecule has 2 heterocycles. The third kappa shape index (κ3) is 3.75. The first-order chi connectivity index (χ1) is 12.0. The lowest BCUT2D eigenvalue weighted by Crippen LogP contribution is -2.35. The maximum Gasteiger partial charge on any atom is 0.407 e. The average Bonchev–Trinajstić information content (AvgIpc) is 3.13. The Kier molecular flexibility index (Phi) is 4.92. The van der Waals surface area contributed by atoms with Crippen molar-refractivity contribution in [2.24, 2.45) is 0 Å². The highest BCUT2D eigenvalue weighted by Crippen LogP contribution is 2.28. The molecule has 1 aromatic heterocycles. The molecule has 1 amide bonds. The van der Waals surface area contributed by atoms with Crippen LogP contribution in [0.4, 0.5) is 9.18 Å². The van der Waals surface area contributed by atoms with E-state index in [1.807, 2.05) is 10.8 Å². The van der Waals surface area contributed by atoms with Crippen LogP contribution < -0.4 is 0 Å². The number of aromatic nitrogens is 1. The molecule has 1 fully saturated rings. The maximum atomic E-state index is 13.7. The van der Waals surface area contributed by atoms with E-state index in [-0.39, 0.29) is 24.4 Å². The van der Waals surface area contributed by atoms with Crippen molar-refractivity contribution < 1.29 is 23.8 Å². The lowest BCUT2D eigenvalue weighted by molar-refractivity contribution is -0.141. The molecule has 1 aliphatic heterocycles. The fourth-order valence-electron chi connectivity index (χ4n) is 3.53. The number of carboxylic acid groups (broad SMARTS) is 1. The Hall–Kier alpha value is -2.57. The molecular formula is C18H21FN2O4. The quantitative estimate of drug-likeness (QED) is 0.843. The number of esters is 1. The number of nitrogens with zero attached hydrogens (tertiary/aromatic N) is 2. The molecule has 1 aromatic carbocycles. The van der Waals surface area contributed by atoms with E-state index in [4.69, 9.17) is 4.74 Å². The largest absolute Gasteiger partial charge is 0.465 e. The van der Waals surface area contributed by atoms with Gasteiger partial charge in [-0.05, 0) is 43.0 Å². The minimum Gasteiger partial charge on any atom is -0.465 e. The van der Waals surface area contributed by atoms with Gasteiger partial charge in [-0.3, -0.25) is 4.79 Å². The van der Waals surface area contributed by atoms with Gasteiger partial charge in [0.15, 0.2) is 0 Å². The van der Waals surface area contributed by atoms with Crippen molar-refractivity contribution in [1.29, 1.82) is 0 Å². The number of fused-ring (bicyclic) bond motifs is 1. The molecule has 1 N–H and O–H groups in total. The lowest BCUT2D eigenvalue weighted by Gasteiger charge is -2.21. The van der Waals surface area contributed by atoms with Gasteiger partial charge in [0.25, 0.3) is 0 Å². The normalized spacial score (nSPS) is 17.2. The third-order valence-electron chi connectivity index (χ3n) is 4.64. The number of ether oxygens (including phenoxy) is 1. The second kappa shape index (κ2) is 7.13. The summed E-state index contributed by atoms with van der Waals surface area (Å²) < 4.78 is 20.5. The molecule has 0 spiro atoms. The highest BCUT2D eigenvalue weighted by molar-refractivity contribution is 5.84. The van der Waals surface area contributed by atoms with Gasteiger partial charge in [0.2, 0.25) is 0 Å². The summed E-state index contributed by atoms with van der Waals surface area (Å²) >= 11 is 0. The van der Waals surface area contributed by atoms with Gasteiger partial charge in [0.05, 0.1) is 12.1 Å². The topological polar surface area (TPSA) is 71.8 Å². The Morgan fingerprint density at radius 3 is 2.92 bits per heavy atom. The molecule has 1 aliphatic rings. The standard InChI is InChI=1S/C18H21FN2O4/c1-12(22)25-8-7-20-11-13(16-5-4-14(19)10-17(16)20)9-15-3-2-6-21(15)18(23)24/h4-5,10-11,15H,2-3,6-9H2,1H3,(H,23,24). The van der Waals surface area contributed by atoms with E-state index >= 15 is 0 Å². The fourth-order valence-corrected chi connectivity index (χ4v) is 3.53. The zero-order chi connectivity index (χ0) is 18.0. The van der Waals surface area contributed by atoms with Crippen LogP contribution in [0.25, 0.3) is 10.9 Å². The van der Waals surface area contributed by atoms with Gasteiger partial charge in [0.1, 0.15) is 12.4 Å². The van der Waals surface area contributed by atoms with Crippen LogP contribution in [0, 0.1) is 5.82 Å². The number of likely N-dealkylation sites (tertiary alicyclic amines) is 1. The van der Waals surface area contributed by atoms with Crippen molar-refractivity contribution in [1.82, 2.24) is 9.47 Å². The van der Waals surface area contributed by atoms with Crippen molar-refractivity contribution in [2.45, 2.75) is 38.8 Å². The molecule has 3 rings (SSSR count). The molecule has 7 heteroatoms. The molecule has 1 unspecified atom stereocenters. The van der Waals surface area contributed by atoms with Gasteiger partial charge in [-0.25, -0.2) is 9.18 Å². The Morgan fingerprint density at radius 1 is 1.40 bits per heavy atom. The van der Waals surface area contributed by atoms with Gasteiger partial charge in [0, 0.05) is 31.1 Å². The first-order valence-electron chi connectivity index (χ1n) is 8.36. The monoisotopic (exact) mass is 348 g/mol. The van der Waals surface area contributed by atoms with Gasteiger partial charge in [-0.1, -0.05) is 0 Å². The second-order valence-electron chi connectivity index (χ2n) is 6.33. The summed E-state index contributed by atoms with van der Waals surface area (Å²) in [5.41, 5.74) is 1.71. The molecule has 0 radical (unpaired) electrons. The minimum atomic E-state index is -0.896. The Morgan fingerprint density at radius 2 is 2.20 bits per heavy atom. The van der Waals surface area contributed by atoms with Crippen LogP contribution in [0.15, 0.2) is 24.4 Å². The molecular weight excluding hydrogens is 327 g/mol. The number of halogens is 1. The predicted molar refractivity (Wildman–Crippen MR) is 90.0 cm³/mol. The highest BCUT2D eigenvalue weighted by Gasteiger charge is 2.29. The van der Waals surface area contributed by atoms with Crippen LogP contribution >= 0.6 is 0 Å². The van der Waals surface area contributed by atoms with Crippen LogP contribution in [-0.2, 0) is 22.5 Å². The number of rotatable bonds is 5. The van der Waals surface area contributed by atoms with Crippen molar-refractivity contribution in [3.8, 4) is 0 Å². The van der Waals surface area contributed by atoms with E-state index in [1.165, 1.54) is 24.0 Å². The third-order valence-corrected chi connectivity index (χ3v) is 4.64. The van der Waals surface area contributed by atoms with Crippen LogP contribution in [0.1, 0.15) is 25.3 Å². The van der Waals surface area contributed by atoms with E-state index in [1.54, 1.807) is 6.07 Å². The SMILES string of the molecule is CC(=O)OCCn1cc(CC2CCCN2C(=O)O)c2ccc(F)cc21. The summed E-state index contributed by atoms with van der Waals surface area (Å²) in [5.74, 6) is -0.690. The van der Waals surface area contributed by atoms with Gasteiger partial charge >= 0.3 is 12.1 Å². The van der Waals surface area contributed by atoms with E-state index in [9.17, 15) is 19.1 Å². The van der Waals surface area contributed by atoms with Gasteiger partial charge < -0.3 is 19.3 Å². The van der Waals surface area contributed by atoms with Crippen LogP contribution in [0.5, 0.6) is 0 Å². The van der Waals surface area contributed by atoms with Crippen LogP contribution in [-0.4, -0.2) is 45.8 Å². The zero-order valence-electron chi connectivity index (χ0n) is 14.1. The smallest absolute Gasteiger partial charge is 0.407 e. The number of carbonyl (C=O) groups excluding carboxylic acids is 1. The molecule has 0 bridgehead atoms. The number of benzene rings is 1. The summed E-state index contributed by atoms with van der Waals surface area (Å²) in [6, 6.07) is 4.53. The first kappa shape index (κ1) is 17.3. The summed E-state index contributed by atoms with van der Waals surface area (Å²) in [7, 11) is 0. The van der Waals surface area contributed by atoms with E-state index < -0.39 is 6.09 Å². The fraction of sp³-hybridized carbons (Fsp3) is 0.444. The van der Waals surface area contributed by atoms with Crippen molar-refractivity contribution in [2.75, 3.05) is 13.2 Å². The van der Waals surface area contributed by atoms with E-state index in [2.05, 4.69) is 0 Å². The highest BCUT2D eigenvalue weighted by atomic mass is 19.1. The van der Waals surface area contributed by atoms with Gasteiger partial charge in [-0.2, -0.15) is 0 Å². The first-order valence-corrected chi connectivity index (χ1v) is 8.36. The Balaban J connectivity index is 1.87. The van der Waals surface area contributed by atoms with E-state index in [0.717, 1.165) is 29.3 Å². The minimum absolute atomic E-state index is 0.0601. The average molecular weight is 348 g/mol. The zero-order valence-corrected chi connectivity index (χ0v) is 14.1. The lowest BCUT2D eigenvalue weighted by atomic mass is 10.0. The van der Waals surface area contributed by atoms with E-state index in [0.29, 0.717) is 19.5 Å². The molecule has 6 nitrogen and oxygen atoms in total. The van der Waals surface area contributed by atoms with Crippen molar-refractivity contribution in [3.63, 3.8) is 0 Å². The predicted octanol–water partition coefficient (Wildman–Crippen LogP) is 3.03. The molecule has 2 aromatic rings. The number of carbonyl (C=O) groups is 2. The molecule has 134 valence electrons. The number of hydrogen-bond donors (Lipinski definition) is 1. The number of hydrogen-bond acceptors (Lipinski definition) is 3. The van der Waals surface area contributed by atoms with Crippen LogP contribution in [0.2, 0.25) is 0 Å².